The number of alkyl halides is 3. The molecular formula is C12H16F3NOS. The van der Waals surface area contributed by atoms with E-state index < -0.39 is 11.2 Å². The van der Waals surface area contributed by atoms with Crippen LogP contribution in [0.5, 0.6) is 0 Å². The summed E-state index contributed by atoms with van der Waals surface area (Å²) in [5.41, 5.74) is 0. The molecule has 0 amide bonds. The van der Waals surface area contributed by atoms with Gasteiger partial charge < -0.3 is 0 Å². The van der Waals surface area contributed by atoms with Crippen LogP contribution in [0.3, 0.4) is 0 Å². The van der Waals surface area contributed by atoms with Crippen molar-refractivity contribution in [1.29, 1.82) is 0 Å². The molecule has 0 spiro atoms. The molecule has 18 heavy (non-hydrogen) atoms. The third-order valence-electron chi connectivity index (χ3n) is 2.53. The zero-order chi connectivity index (χ0) is 13.6. The average Bonchev–Trinajstić information content (AvgIpc) is 2.77. The predicted octanol–water partition coefficient (Wildman–Crippen LogP) is 4.71. The molecule has 1 rings (SSSR count). The van der Waals surface area contributed by atoms with E-state index in [4.69, 9.17) is 0 Å². The zero-order valence-corrected chi connectivity index (χ0v) is 11.0. The highest BCUT2D eigenvalue weighted by atomic mass is 32.1. The molecule has 0 atom stereocenters. The molecule has 0 unspecified atom stereocenters. The number of halogens is 3. The zero-order valence-electron chi connectivity index (χ0n) is 10.2. The van der Waals surface area contributed by atoms with E-state index in [0.717, 1.165) is 38.3 Å². The molecule has 6 heteroatoms. The quantitative estimate of drug-likeness (QED) is 0.534. The van der Waals surface area contributed by atoms with Crippen molar-refractivity contribution in [2.24, 2.45) is 0 Å². The normalized spacial score (nSPS) is 11.8. The third kappa shape index (κ3) is 4.76. The van der Waals surface area contributed by atoms with Gasteiger partial charge in [0.1, 0.15) is 0 Å². The molecule has 0 aromatic carbocycles. The van der Waals surface area contributed by atoms with Gasteiger partial charge in [0.25, 0.3) is 0 Å². The molecule has 0 radical (unpaired) electrons. The molecular weight excluding hydrogens is 263 g/mol. The van der Waals surface area contributed by atoms with Gasteiger partial charge in [-0.1, -0.05) is 32.6 Å². The monoisotopic (exact) mass is 279 g/mol. The highest BCUT2D eigenvalue weighted by Gasteiger charge is 2.35. The second-order valence-electron chi connectivity index (χ2n) is 4.11. The van der Waals surface area contributed by atoms with Gasteiger partial charge in [0, 0.05) is 12.6 Å². The van der Waals surface area contributed by atoms with Gasteiger partial charge in [-0.25, -0.2) is 4.98 Å². The van der Waals surface area contributed by atoms with E-state index in [0.29, 0.717) is 17.8 Å². The summed E-state index contributed by atoms with van der Waals surface area (Å²) in [6.45, 7) is 2.10. The minimum absolute atomic E-state index is 0.109. The molecule has 0 aliphatic heterocycles. The first kappa shape index (κ1) is 15.1. The Morgan fingerprint density at radius 2 is 1.94 bits per heavy atom. The van der Waals surface area contributed by atoms with Crippen LogP contribution < -0.4 is 0 Å². The van der Waals surface area contributed by atoms with Gasteiger partial charge in [0.05, 0.1) is 4.88 Å². The Balaban J connectivity index is 2.40. The summed E-state index contributed by atoms with van der Waals surface area (Å²) >= 11 is 0.431. The molecule has 0 fully saturated rings. The molecule has 102 valence electrons. The van der Waals surface area contributed by atoms with Crippen molar-refractivity contribution >= 4 is 17.1 Å². The fraction of sp³-hybridized carbons (Fsp3) is 0.667. The molecule has 0 saturated heterocycles. The van der Waals surface area contributed by atoms with Crippen LogP contribution in [0.2, 0.25) is 0 Å². The summed E-state index contributed by atoms with van der Waals surface area (Å²) in [6, 6.07) is 0. The lowest BCUT2D eigenvalue weighted by Gasteiger charge is -2.00. The Morgan fingerprint density at radius 3 is 2.50 bits per heavy atom. The van der Waals surface area contributed by atoms with E-state index in [1.807, 2.05) is 0 Å². The van der Waals surface area contributed by atoms with Gasteiger partial charge in [-0.15, -0.1) is 11.3 Å². The van der Waals surface area contributed by atoms with Crippen molar-refractivity contribution in [1.82, 2.24) is 4.98 Å². The molecule has 1 heterocycles. The van der Waals surface area contributed by atoms with Gasteiger partial charge in [0.15, 0.2) is 10.8 Å². The topological polar surface area (TPSA) is 30.0 Å². The summed E-state index contributed by atoms with van der Waals surface area (Å²) < 4.78 is 36.9. The highest BCUT2D eigenvalue weighted by Crippen LogP contribution is 2.32. The van der Waals surface area contributed by atoms with Crippen molar-refractivity contribution in [3.05, 3.63) is 16.1 Å². The van der Waals surface area contributed by atoms with Crippen molar-refractivity contribution in [2.75, 3.05) is 0 Å². The third-order valence-corrected chi connectivity index (χ3v) is 3.61. The van der Waals surface area contributed by atoms with Crippen LogP contribution in [0, 0.1) is 0 Å². The number of nitrogens with zero attached hydrogens (tertiary/aromatic N) is 1. The molecule has 0 N–H and O–H groups in total. The lowest BCUT2D eigenvalue weighted by molar-refractivity contribution is -0.137. The van der Waals surface area contributed by atoms with Crippen LogP contribution in [0.1, 0.15) is 60.1 Å². The molecule has 2 nitrogen and oxygen atoms in total. The van der Waals surface area contributed by atoms with E-state index in [-0.39, 0.29) is 10.7 Å². The van der Waals surface area contributed by atoms with Gasteiger partial charge in [-0.3, -0.25) is 4.79 Å². The summed E-state index contributed by atoms with van der Waals surface area (Å²) in [7, 11) is 0. The second-order valence-corrected chi connectivity index (χ2v) is 5.15. The van der Waals surface area contributed by atoms with Gasteiger partial charge in [-0.05, 0) is 6.42 Å². The largest absolute Gasteiger partial charge is 0.443 e. The van der Waals surface area contributed by atoms with Crippen LogP contribution in [0.25, 0.3) is 0 Å². The Hall–Kier alpha value is -0.910. The fourth-order valence-corrected chi connectivity index (χ4v) is 2.30. The number of hydrogen-bond donors (Lipinski definition) is 0. The van der Waals surface area contributed by atoms with Crippen LogP contribution in [-0.4, -0.2) is 10.8 Å². The highest BCUT2D eigenvalue weighted by molar-refractivity contribution is 7.13. The molecule has 0 aliphatic carbocycles. The van der Waals surface area contributed by atoms with Gasteiger partial charge >= 0.3 is 6.18 Å². The number of rotatable bonds is 7. The van der Waals surface area contributed by atoms with Crippen LogP contribution >= 0.6 is 11.3 Å². The molecule has 1 aromatic rings. The Kier molecular flexibility index (Phi) is 5.78. The second kappa shape index (κ2) is 6.87. The summed E-state index contributed by atoms with van der Waals surface area (Å²) in [5, 5.41) is -0.947. The SMILES string of the molecule is CCCCCCCC(=O)c1cnc(C(F)(F)F)s1. The van der Waals surface area contributed by atoms with Crippen LogP contribution in [-0.2, 0) is 6.18 Å². The first-order chi connectivity index (χ1) is 8.45. The minimum Gasteiger partial charge on any atom is -0.293 e. The molecule has 0 saturated carbocycles. The number of unbranched alkanes of at least 4 members (excludes halogenated alkanes) is 4. The Labute approximate surface area is 108 Å². The van der Waals surface area contributed by atoms with E-state index >= 15 is 0 Å². The summed E-state index contributed by atoms with van der Waals surface area (Å²) in [4.78, 5) is 15.0. The smallest absolute Gasteiger partial charge is 0.293 e. The number of carbonyl (C=O) groups excluding carboxylic acids is 1. The van der Waals surface area contributed by atoms with E-state index in [9.17, 15) is 18.0 Å². The predicted molar refractivity (Wildman–Crippen MR) is 64.8 cm³/mol. The van der Waals surface area contributed by atoms with Gasteiger partial charge in [-0.2, -0.15) is 13.2 Å². The first-order valence-electron chi connectivity index (χ1n) is 6.01. The summed E-state index contributed by atoms with van der Waals surface area (Å²) in [6.07, 6.45) is 1.89. The number of ketones is 1. The number of thiazole rings is 1. The fourth-order valence-electron chi connectivity index (χ4n) is 1.55. The summed E-state index contributed by atoms with van der Waals surface area (Å²) in [5.74, 6) is -0.237. The van der Waals surface area contributed by atoms with E-state index in [2.05, 4.69) is 11.9 Å². The lowest BCUT2D eigenvalue weighted by Crippen LogP contribution is -2.03. The molecule has 1 aromatic heterocycles. The number of aromatic nitrogens is 1. The van der Waals surface area contributed by atoms with Crippen molar-refractivity contribution in [3.8, 4) is 0 Å². The van der Waals surface area contributed by atoms with E-state index in [1.165, 1.54) is 0 Å². The van der Waals surface area contributed by atoms with Crippen LogP contribution in [0.4, 0.5) is 13.2 Å². The maximum Gasteiger partial charge on any atom is 0.443 e. The van der Waals surface area contributed by atoms with Crippen LogP contribution in [0.15, 0.2) is 6.20 Å². The number of hydrogen-bond acceptors (Lipinski definition) is 3. The van der Waals surface area contributed by atoms with E-state index in [1.54, 1.807) is 0 Å². The van der Waals surface area contributed by atoms with Crippen molar-refractivity contribution in [3.63, 3.8) is 0 Å². The Bertz CT molecular complexity index is 387. The average molecular weight is 279 g/mol. The van der Waals surface area contributed by atoms with Crippen molar-refractivity contribution < 1.29 is 18.0 Å². The maximum absolute atomic E-state index is 12.3. The Morgan fingerprint density at radius 1 is 1.28 bits per heavy atom. The standard InChI is InChI=1S/C12H16F3NOS/c1-2-3-4-5-6-7-9(17)10-8-16-11(18-10)12(13,14)15/h8H,2-7H2,1H3. The van der Waals surface area contributed by atoms with Crippen molar-refractivity contribution in [2.45, 2.75) is 51.6 Å². The number of Topliss-reactive ketones (excluding diaryl/α,β-unsaturated/α-hetero) is 1. The minimum atomic E-state index is -4.45. The molecule has 0 bridgehead atoms. The first-order valence-corrected chi connectivity index (χ1v) is 6.83. The molecule has 0 aliphatic rings. The lowest BCUT2D eigenvalue weighted by atomic mass is 10.1. The maximum atomic E-state index is 12.3. The van der Waals surface area contributed by atoms with Gasteiger partial charge in [0.2, 0.25) is 0 Å². The number of carbonyl (C=O) groups is 1.